The molecule has 0 aliphatic rings. The minimum atomic E-state index is 0.678. The van der Waals surface area contributed by atoms with Gasteiger partial charge in [-0.15, -0.1) is 0 Å². The molecule has 2 aromatic carbocycles. The van der Waals surface area contributed by atoms with Crippen molar-refractivity contribution in [2.45, 2.75) is 6.92 Å². The van der Waals surface area contributed by atoms with Crippen LogP contribution in [0, 0.1) is 6.92 Å². The molecule has 17 heavy (non-hydrogen) atoms. The lowest BCUT2D eigenvalue weighted by atomic mass is 10.1. The number of benzene rings is 2. The van der Waals surface area contributed by atoms with Crippen LogP contribution in [-0.2, 0) is 0 Å². The normalized spacial score (nSPS) is 10.9. The molecule has 0 radical (unpaired) electrons. The molecule has 0 saturated heterocycles. The summed E-state index contributed by atoms with van der Waals surface area (Å²) in [6.07, 6.45) is 0. The Morgan fingerprint density at radius 2 is 1.94 bits per heavy atom. The summed E-state index contributed by atoms with van der Waals surface area (Å²) in [5, 5.41) is 0.678. The highest BCUT2D eigenvalue weighted by Gasteiger charge is 2.07. The minimum Gasteiger partial charge on any atom is -0.338 e. The van der Waals surface area contributed by atoms with Gasteiger partial charge in [-0.2, -0.15) is 0 Å². The third-order valence-corrected chi connectivity index (χ3v) is 3.06. The Labute approximate surface area is 104 Å². The quantitative estimate of drug-likeness (QED) is 0.681. The number of nitrogens with one attached hydrogen (secondary N) is 1. The van der Waals surface area contributed by atoms with E-state index >= 15 is 0 Å². The van der Waals surface area contributed by atoms with Gasteiger partial charge in [0.2, 0.25) is 0 Å². The summed E-state index contributed by atoms with van der Waals surface area (Å²) in [6, 6.07) is 14.0. The van der Waals surface area contributed by atoms with E-state index < -0.39 is 0 Å². The van der Waals surface area contributed by atoms with Gasteiger partial charge in [-0.1, -0.05) is 41.4 Å². The molecular weight excluding hydrogens is 232 g/mol. The van der Waals surface area contributed by atoms with E-state index in [9.17, 15) is 0 Å². The summed E-state index contributed by atoms with van der Waals surface area (Å²) in [5.41, 5.74) is 4.09. The van der Waals surface area contributed by atoms with Crippen LogP contribution in [0.5, 0.6) is 0 Å². The van der Waals surface area contributed by atoms with Crippen LogP contribution in [0.3, 0.4) is 0 Å². The van der Waals surface area contributed by atoms with Crippen molar-refractivity contribution in [1.29, 1.82) is 0 Å². The Kier molecular flexibility index (Phi) is 2.37. The monoisotopic (exact) mass is 242 g/mol. The van der Waals surface area contributed by atoms with Crippen LogP contribution in [-0.4, -0.2) is 9.97 Å². The maximum Gasteiger partial charge on any atom is 0.138 e. The molecule has 84 valence electrons. The van der Waals surface area contributed by atoms with Gasteiger partial charge in [-0.25, -0.2) is 4.98 Å². The second-order valence-corrected chi connectivity index (χ2v) is 4.50. The number of aromatic nitrogens is 2. The molecule has 2 nitrogen and oxygen atoms in total. The number of fused-ring (bicyclic) bond motifs is 1. The fourth-order valence-corrected chi connectivity index (χ4v) is 2.14. The molecule has 1 N–H and O–H groups in total. The Hall–Kier alpha value is -1.80. The summed E-state index contributed by atoms with van der Waals surface area (Å²) in [5.74, 6) is 0.858. The van der Waals surface area contributed by atoms with Crippen molar-refractivity contribution in [1.82, 2.24) is 9.97 Å². The van der Waals surface area contributed by atoms with Crippen molar-refractivity contribution in [3.8, 4) is 11.4 Å². The minimum absolute atomic E-state index is 0.678. The summed E-state index contributed by atoms with van der Waals surface area (Å²) < 4.78 is 0. The van der Waals surface area contributed by atoms with Gasteiger partial charge < -0.3 is 4.98 Å². The molecule has 0 bridgehead atoms. The third-order valence-electron chi connectivity index (χ3n) is 2.75. The van der Waals surface area contributed by atoms with Crippen LogP contribution in [0.4, 0.5) is 0 Å². The van der Waals surface area contributed by atoms with Crippen molar-refractivity contribution in [2.75, 3.05) is 0 Å². The number of aryl methyl sites for hydroxylation is 1. The van der Waals surface area contributed by atoms with Crippen LogP contribution in [0.15, 0.2) is 42.5 Å². The van der Waals surface area contributed by atoms with E-state index in [2.05, 4.69) is 29.0 Å². The van der Waals surface area contributed by atoms with E-state index in [1.807, 2.05) is 30.3 Å². The molecule has 3 aromatic rings. The SMILES string of the molecule is Cc1cccc(-c2nc3c(Cl)cccc3[nH]2)c1. The van der Waals surface area contributed by atoms with Gasteiger partial charge in [0, 0.05) is 5.56 Å². The van der Waals surface area contributed by atoms with Crippen molar-refractivity contribution >= 4 is 22.6 Å². The second-order valence-electron chi connectivity index (χ2n) is 4.09. The molecule has 3 heteroatoms. The average molecular weight is 243 g/mol. The van der Waals surface area contributed by atoms with Gasteiger partial charge in [0.15, 0.2) is 0 Å². The maximum absolute atomic E-state index is 6.11. The van der Waals surface area contributed by atoms with E-state index in [1.165, 1.54) is 5.56 Å². The summed E-state index contributed by atoms with van der Waals surface area (Å²) >= 11 is 6.11. The van der Waals surface area contributed by atoms with Crippen LogP contribution >= 0.6 is 11.6 Å². The van der Waals surface area contributed by atoms with Crippen LogP contribution in [0.1, 0.15) is 5.56 Å². The topological polar surface area (TPSA) is 28.7 Å². The highest BCUT2D eigenvalue weighted by molar-refractivity contribution is 6.34. The van der Waals surface area contributed by atoms with Crippen LogP contribution < -0.4 is 0 Å². The molecule has 0 spiro atoms. The Bertz CT molecular complexity index is 686. The van der Waals surface area contributed by atoms with Gasteiger partial charge in [-0.3, -0.25) is 0 Å². The highest BCUT2D eigenvalue weighted by Crippen LogP contribution is 2.25. The molecule has 0 saturated carbocycles. The maximum atomic E-state index is 6.11. The number of imidazole rings is 1. The first-order valence-corrected chi connectivity index (χ1v) is 5.83. The summed E-state index contributed by atoms with van der Waals surface area (Å²) in [7, 11) is 0. The van der Waals surface area contributed by atoms with Crippen molar-refractivity contribution < 1.29 is 0 Å². The lowest BCUT2D eigenvalue weighted by Gasteiger charge is -1.97. The summed E-state index contributed by atoms with van der Waals surface area (Å²) in [6.45, 7) is 2.07. The number of H-pyrrole nitrogens is 1. The van der Waals surface area contributed by atoms with Gasteiger partial charge in [0.05, 0.1) is 10.5 Å². The smallest absolute Gasteiger partial charge is 0.138 e. The molecule has 0 fully saturated rings. The number of aromatic amines is 1. The first-order chi connectivity index (χ1) is 8.24. The number of nitrogens with zero attached hydrogens (tertiary/aromatic N) is 1. The molecule has 0 aliphatic carbocycles. The number of hydrogen-bond donors (Lipinski definition) is 1. The zero-order valence-corrected chi connectivity index (χ0v) is 10.1. The fraction of sp³-hybridized carbons (Fsp3) is 0.0714. The largest absolute Gasteiger partial charge is 0.338 e. The third kappa shape index (κ3) is 1.81. The number of halogens is 1. The molecule has 1 aromatic heterocycles. The Balaban J connectivity index is 2.22. The van der Waals surface area contributed by atoms with E-state index in [-0.39, 0.29) is 0 Å². The van der Waals surface area contributed by atoms with Crippen LogP contribution in [0.25, 0.3) is 22.4 Å². The average Bonchev–Trinajstić information content (AvgIpc) is 2.74. The molecule has 0 unspecified atom stereocenters. The van der Waals surface area contributed by atoms with E-state index in [1.54, 1.807) is 0 Å². The van der Waals surface area contributed by atoms with Gasteiger partial charge in [-0.05, 0) is 25.1 Å². The highest BCUT2D eigenvalue weighted by atomic mass is 35.5. The molecule has 0 atom stereocenters. The van der Waals surface area contributed by atoms with Crippen molar-refractivity contribution in [3.05, 3.63) is 53.1 Å². The zero-order valence-electron chi connectivity index (χ0n) is 9.37. The number of rotatable bonds is 1. The molecule has 3 rings (SSSR count). The van der Waals surface area contributed by atoms with Gasteiger partial charge >= 0.3 is 0 Å². The number of para-hydroxylation sites is 1. The zero-order chi connectivity index (χ0) is 11.8. The van der Waals surface area contributed by atoms with Crippen molar-refractivity contribution in [3.63, 3.8) is 0 Å². The first-order valence-electron chi connectivity index (χ1n) is 5.45. The Morgan fingerprint density at radius 3 is 2.71 bits per heavy atom. The predicted molar refractivity (Wildman–Crippen MR) is 71.3 cm³/mol. The molecule has 0 aliphatic heterocycles. The second kappa shape index (κ2) is 3.90. The molecule has 1 heterocycles. The standard InChI is InChI=1S/C14H11ClN2/c1-9-4-2-5-10(8-9)14-16-12-7-3-6-11(15)13(12)17-14/h2-8H,1H3,(H,16,17). The molecule has 0 amide bonds. The Morgan fingerprint density at radius 1 is 1.12 bits per heavy atom. The lowest BCUT2D eigenvalue weighted by Crippen LogP contribution is -1.80. The van der Waals surface area contributed by atoms with E-state index in [4.69, 9.17) is 11.6 Å². The van der Waals surface area contributed by atoms with E-state index in [0.717, 1.165) is 22.4 Å². The van der Waals surface area contributed by atoms with Gasteiger partial charge in [0.25, 0.3) is 0 Å². The van der Waals surface area contributed by atoms with Crippen molar-refractivity contribution in [2.24, 2.45) is 0 Å². The fourth-order valence-electron chi connectivity index (χ4n) is 1.93. The summed E-state index contributed by atoms with van der Waals surface area (Å²) in [4.78, 5) is 7.82. The first kappa shape index (κ1) is 10.4. The number of hydrogen-bond acceptors (Lipinski definition) is 1. The molecular formula is C14H11ClN2. The van der Waals surface area contributed by atoms with Crippen LogP contribution in [0.2, 0.25) is 5.02 Å². The van der Waals surface area contributed by atoms with Gasteiger partial charge in [0.1, 0.15) is 11.3 Å². The lowest BCUT2D eigenvalue weighted by molar-refractivity contribution is 1.32. The predicted octanol–water partition coefficient (Wildman–Crippen LogP) is 4.19. The van der Waals surface area contributed by atoms with E-state index in [0.29, 0.717) is 5.02 Å².